The Kier molecular flexibility index (Phi) is 9.14. The molecule has 2 atom stereocenters. The Morgan fingerprint density at radius 2 is 1.87 bits per heavy atom. The SMILES string of the molecule is CCOC(=O)[C@H](Cc1cncn1Cc1cc(Cl)cc(Cl)c1)NC(CC(C)C)C(=O)O. The second-order valence-electron chi connectivity index (χ2n) is 7.49. The number of imidazole rings is 1. The van der Waals surface area contributed by atoms with Crippen LogP contribution in [-0.4, -0.2) is 45.3 Å². The maximum absolute atomic E-state index is 12.5. The number of nitrogens with zero attached hydrogens (tertiary/aromatic N) is 2. The van der Waals surface area contributed by atoms with Crippen LogP contribution in [0.25, 0.3) is 0 Å². The molecule has 164 valence electrons. The Balaban J connectivity index is 2.22. The number of hydrogen-bond acceptors (Lipinski definition) is 5. The van der Waals surface area contributed by atoms with Gasteiger partial charge in [-0.05, 0) is 43.0 Å². The zero-order valence-electron chi connectivity index (χ0n) is 17.3. The van der Waals surface area contributed by atoms with Gasteiger partial charge in [-0.15, -0.1) is 0 Å². The molecule has 9 heteroatoms. The molecule has 2 N–H and O–H groups in total. The van der Waals surface area contributed by atoms with Gasteiger partial charge in [0.05, 0.1) is 12.9 Å². The molecule has 1 heterocycles. The molecule has 1 aromatic carbocycles. The Labute approximate surface area is 186 Å². The van der Waals surface area contributed by atoms with Crippen molar-refractivity contribution in [3.63, 3.8) is 0 Å². The number of carbonyl (C=O) groups excluding carboxylic acids is 1. The smallest absolute Gasteiger partial charge is 0.323 e. The third-order valence-electron chi connectivity index (χ3n) is 4.47. The van der Waals surface area contributed by atoms with E-state index in [0.29, 0.717) is 23.0 Å². The highest BCUT2D eigenvalue weighted by Crippen LogP contribution is 2.20. The van der Waals surface area contributed by atoms with Gasteiger partial charge >= 0.3 is 11.9 Å². The number of halogens is 2. The van der Waals surface area contributed by atoms with Crippen molar-refractivity contribution in [1.29, 1.82) is 0 Å². The van der Waals surface area contributed by atoms with Gasteiger partial charge in [-0.1, -0.05) is 37.0 Å². The molecular formula is C21H27Cl2N3O4. The van der Waals surface area contributed by atoms with Crippen molar-refractivity contribution in [1.82, 2.24) is 14.9 Å². The summed E-state index contributed by atoms with van der Waals surface area (Å²) in [7, 11) is 0. The molecule has 1 aromatic heterocycles. The largest absolute Gasteiger partial charge is 0.480 e. The summed E-state index contributed by atoms with van der Waals surface area (Å²) in [6.07, 6.45) is 3.92. The number of carbonyl (C=O) groups is 2. The predicted octanol–water partition coefficient (Wildman–Crippen LogP) is 3.80. The van der Waals surface area contributed by atoms with Crippen LogP contribution in [0, 0.1) is 5.92 Å². The minimum atomic E-state index is -1.000. The highest BCUT2D eigenvalue weighted by Gasteiger charge is 2.28. The summed E-state index contributed by atoms with van der Waals surface area (Å²) in [4.78, 5) is 28.4. The minimum Gasteiger partial charge on any atom is -0.480 e. The summed E-state index contributed by atoms with van der Waals surface area (Å²) in [6, 6.07) is 3.59. The first-order chi connectivity index (χ1) is 14.2. The maximum atomic E-state index is 12.5. The molecule has 30 heavy (non-hydrogen) atoms. The molecular weight excluding hydrogens is 429 g/mol. The van der Waals surface area contributed by atoms with Crippen molar-refractivity contribution in [2.45, 2.75) is 52.2 Å². The number of carboxylic acid groups (broad SMARTS) is 1. The van der Waals surface area contributed by atoms with Gasteiger partial charge in [0.1, 0.15) is 12.1 Å². The van der Waals surface area contributed by atoms with Crippen molar-refractivity contribution >= 4 is 35.1 Å². The van der Waals surface area contributed by atoms with Crippen molar-refractivity contribution in [3.8, 4) is 0 Å². The zero-order valence-corrected chi connectivity index (χ0v) is 18.8. The van der Waals surface area contributed by atoms with Crippen molar-refractivity contribution < 1.29 is 19.4 Å². The number of ether oxygens (including phenoxy) is 1. The van der Waals surface area contributed by atoms with E-state index < -0.39 is 24.0 Å². The summed E-state index contributed by atoms with van der Waals surface area (Å²) in [5.41, 5.74) is 1.64. The first-order valence-electron chi connectivity index (χ1n) is 9.79. The van der Waals surface area contributed by atoms with Crippen LogP contribution in [0.15, 0.2) is 30.7 Å². The highest BCUT2D eigenvalue weighted by molar-refractivity contribution is 6.34. The lowest BCUT2D eigenvalue weighted by atomic mass is 10.0. The normalized spacial score (nSPS) is 13.3. The lowest BCUT2D eigenvalue weighted by Gasteiger charge is -2.23. The third kappa shape index (κ3) is 7.31. The average Bonchev–Trinajstić information content (AvgIpc) is 3.06. The first-order valence-corrected chi connectivity index (χ1v) is 10.5. The summed E-state index contributed by atoms with van der Waals surface area (Å²) in [6.45, 7) is 6.24. The monoisotopic (exact) mass is 455 g/mol. The highest BCUT2D eigenvalue weighted by atomic mass is 35.5. The van der Waals surface area contributed by atoms with Gasteiger partial charge in [-0.2, -0.15) is 0 Å². The van der Waals surface area contributed by atoms with Gasteiger partial charge in [0.2, 0.25) is 0 Å². The second kappa shape index (κ2) is 11.3. The zero-order chi connectivity index (χ0) is 22.3. The summed E-state index contributed by atoms with van der Waals surface area (Å²) >= 11 is 12.2. The molecule has 0 saturated heterocycles. The molecule has 0 bridgehead atoms. The van der Waals surface area contributed by atoms with E-state index in [1.165, 1.54) is 0 Å². The lowest BCUT2D eigenvalue weighted by molar-refractivity contribution is -0.147. The van der Waals surface area contributed by atoms with Crippen molar-refractivity contribution in [3.05, 3.63) is 52.0 Å². The summed E-state index contributed by atoms with van der Waals surface area (Å²) in [5.74, 6) is -1.34. The molecule has 0 amide bonds. The Bertz CT molecular complexity index is 849. The van der Waals surface area contributed by atoms with Crippen LogP contribution in [0.3, 0.4) is 0 Å². The fourth-order valence-electron chi connectivity index (χ4n) is 3.18. The van der Waals surface area contributed by atoms with Crippen LogP contribution in [0.5, 0.6) is 0 Å². The van der Waals surface area contributed by atoms with Gasteiger partial charge in [0.25, 0.3) is 0 Å². The predicted molar refractivity (Wildman–Crippen MR) is 116 cm³/mol. The van der Waals surface area contributed by atoms with E-state index >= 15 is 0 Å². The van der Waals surface area contributed by atoms with Crippen molar-refractivity contribution in [2.75, 3.05) is 6.61 Å². The Hall–Kier alpha value is -2.09. The van der Waals surface area contributed by atoms with E-state index in [9.17, 15) is 14.7 Å². The molecule has 1 unspecified atom stereocenters. The van der Waals surface area contributed by atoms with Crippen LogP contribution in [0.4, 0.5) is 0 Å². The standard InChI is InChI=1S/C21H27Cl2N3O4/c1-4-30-21(29)19(25-18(20(27)28)5-13(2)3)9-17-10-24-12-26(17)11-14-6-15(22)8-16(23)7-14/h6-8,10,12-13,18-19,25H,4-5,9,11H2,1-3H3,(H,27,28)/t18?,19-/m0/s1. The summed E-state index contributed by atoms with van der Waals surface area (Å²) < 4.78 is 7.04. The number of rotatable bonds is 11. The van der Waals surface area contributed by atoms with Gasteiger partial charge in [0, 0.05) is 34.9 Å². The number of aliphatic carboxylic acids is 1. The first kappa shape index (κ1) is 24.2. The van der Waals surface area contributed by atoms with Gasteiger partial charge < -0.3 is 14.4 Å². The Morgan fingerprint density at radius 1 is 1.20 bits per heavy atom. The second-order valence-corrected chi connectivity index (χ2v) is 8.36. The molecule has 2 aromatic rings. The molecule has 0 saturated carbocycles. The average molecular weight is 456 g/mol. The number of benzene rings is 1. The lowest BCUT2D eigenvalue weighted by Crippen LogP contribution is -2.49. The summed E-state index contributed by atoms with van der Waals surface area (Å²) in [5, 5.41) is 13.6. The molecule has 2 rings (SSSR count). The van der Waals surface area contributed by atoms with E-state index in [0.717, 1.165) is 11.3 Å². The van der Waals surface area contributed by atoms with Crippen molar-refractivity contribution in [2.24, 2.45) is 5.92 Å². The van der Waals surface area contributed by atoms with E-state index in [2.05, 4.69) is 10.3 Å². The van der Waals surface area contributed by atoms with Crippen LogP contribution in [0.2, 0.25) is 10.0 Å². The molecule has 7 nitrogen and oxygen atoms in total. The van der Waals surface area contributed by atoms with Gasteiger partial charge in [-0.3, -0.25) is 14.9 Å². The fraction of sp³-hybridized carbons (Fsp3) is 0.476. The van der Waals surface area contributed by atoms with E-state index in [4.69, 9.17) is 27.9 Å². The minimum absolute atomic E-state index is 0.152. The molecule has 0 radical (unpaired) electrons. The van der Waals surface area contributed by atoms with E-state index in [-0.39, 0.29) is 18.9 Å². The maximum Gasteiger partial charge on any atom is 0.323 e. The van der Waals surface area contributed by atoms with Crippen LogP contribution >= 0.6 is 23.2 Å². The van der Waals surface area contributed by atoms with E-state index in [1.54, 1.807) is 37.6 Å². The van der Waals surface area contributed by atoms with E-state index in [1.807, 2.05) is 18.4 Å². The topological polar surface area (TPSA) is 93.5 Å². The van der Waals surface area contributed by atoms with Crippen LogP contribution < -0.4 is 5.32 Å². The van der Waals surface area contributed by atoms with Crippen LogP contribution in [0.1, 0.15) is 38.4 Å². The number of carboxylic acids is 1. The van der Waals surface area contributed by atoms with Crippen LogP contribution in [-0.2, 0) is 27.3 Å². The molecule has 0 spiro atoms. The van der Waals surface area contributed by atoms with Gasteiger partial charge in [-0.25, -0.2) is 4.98 Å². The molecule has 0 aliphatic rings. The molecule has 0 aliphatic heterocycles. The number of esters is 1. The fourth-order valence-corrected chi connectivity index (χ4v) is 3.75. The molecule has 0 fully saturated rings. The molecule has 0 aliphatic carbocycles. The number of aromatic nitrogens is 2. The number of hydrogen-bond donors (Lipinski definition) is 2. The third-order valence-corrected chi connectivity index (χ3v) is 4.90. The number of nitrogens with one attached hydrogen (secondary N) is 1. The van der Waals surface area contributed by atoms with Gasteiger partial charge in [0.15, 0.2) is 0 Å². The quantitative estimate of drug-likeness (QED) is 0.500. The Morgan fingerprint density at radius 3 is 2.43 bits per heavy atom.